The number of halogens is 1. The van der Waals surface area contributed by atoms with Crippen molar-refractivity contribution in [1.82, 2.24) is 15.5 Å². The average Bonchev–Trinajstić information content (AvgIpc) is 2.69. The van der Waals surface area contributed by atoms with Crippen LogP contribution in [0.5, 0.6) is 0 Å². The Hall–Kier alpha value is -1.35. The maximum Gasteiger partial charge on any atom is 0.244 e. The van der Waals surface area contributed by atoms with E-state index in [1.54, 1.807) is 0 Å². The van der Waals surface area contributed by atoms with Crippen molar-refractivity contribution >= 4 is 35.8 Å². The van der Waals surface area contributed by atoms with Crippen molar-refractivity contribution in [3.8, 4) is 0 Å². The Kier molecular flexibility index (Phi) is 15.8. The fraction of sp³-hybridized carbons (Fsp3) is 0.619. The number of rotatable bonds is 12. The van der Waals surface area contributed by atoms with Gasteiger partial charge < -0.3 is 20.6 Å². The van der Waals surface area contributed by atoms with Gasteiger partial charge in [0.05, 0.1) is 0 Å². The number of guanidine groups is 1. The summed E-state index contributed by atoms with van der Waals surface area (Å²) in [7, 11) is 0. The molecule has 1 atom stereocenters. The number of hydrogen-bond acceptors (Lipinski definition) is 3. The van der Waals surface area contributed by atoms with Gasteiger partial charge in [0.1, 0.15) is 6.54 Å². The highest BCUT2D eigenvalue weighted by Gasteiger charge is 2.13. The molecule has 160 valence electrons. The quantitative estimate of drug-likeness (QED) is 0.233. The number of aliphatic hydroxyl groups is 1. The van der Waals surface area contributed by atoms with Gasteiger partial charge in [-0.3, -0.25) is 4.79 Å². The standard InChI is InChI=1S/C21H36N4O2.HI/c1-4-10-18(13-14-26)15-23-21(22-5-2)24-16-20(27)25(6-3)17-19-11-8-7-9-12-19;/h7-9,11-12,18,26H,4-6,10,13-17H2,1-3H3,(H2,22,23,24);1H. The number of benzene rings is 1. The molecule has 0 saturated carbocycles. The summed E-state index contributed by atoms with van der Waals surface area (Å²) in [6.45, 7) is 9.19. The summed E-state index contributed by atoms with van der Waals surface area (Å²) >= 11 is 0. The minimum absolute atomic E-state index is 0. The molecule has 0 aliphatic rings. The smallest absolute Gasteiger partial charge is 0.244 e. The third-order valence-electron chi connectivity index (χ3n) is 4.46. The molecule has 7 heteroatoms. The van der Waals surface area contributed by atoms with Crippen molar-refractivity contribution in [3.63, 3.8) is 0 Å². The number of nitrogens with one attached hydrogen (secondary N) is 2. The van der Waals surface area contributed by atoms with Crippen LogP contribution in [0, 0.1) is 5.92 Å². The lowest BCUT2D eigenvalue weighted by atomic mass is 10.0. The van der Waals surface area contributed by atoms with Gasteiger partial charge in [-0.15, -0.1) is 24.0 Å². The minimum atomic E-state index is 0. The first-order valence-corrected chi connectivity index (χ1v) is 10.1. The van der Waals surface area contributed by atoms with Gasteiger partial charge in [-0.2, -0.15) is 0 Å². The Balaban J connectivity index is 0.00000729. The van der Waals surface area contributed by atoms with Gasteiger partial charge >= 0.3 is 0 Å². The summed E-state index contributed by atoms with van der Waals surface area (Å²) in [5.41, 5.74) is 1.12. The molecule has 0 bridgehead atoms. The predicted molar refractivity (Wildman–Crippen MR) is 127 cm³/mol. The molecule has 0 heterocycles. The van der Waals surface area contributed by atoms with E-state index >= 15 is 0 Å². The Morgan fingerprint density at radius 3 is 2.43 bits per heavy atom. The molecule has 28 heavy (non-hydrogen) atoms. The van der Waals surface area contributed by atoms with E-state index in [1.807, 2.05) is 49.1 Å². The van der Waals surface area contributed by atoms with Crippen molar-refractivity contribution in [2.45, 2.75) is 46.6 Å². The van der Waals surface area contributed by atoms with E-state index in [9.17, 15) is 9.90 Å². The molecule has 0 saturated heterocycles. The van der Waals surface area contributed by atoms with Crippen LogP contribution in [0.15, 0.2) is 35.3 Å². The van der Waals surface area contributed by atoms with Crippen molar-refractivity contribution in [2.75, 3.05) is 32.8 Å². The second-order valence-electron chi connectivity index (χ2n) is 6.64. The van der Waals surface area contributed by atoms with Crippen LogP contribution in [0.2, 0.25) is 0 Å². The highest BCUT2D eigenvalue weighted by Crippen LogP contribution is 2.09. The Labute approximate surface area is 187 Å². The first-order chi connectivity index (χ1) is 13.1. The van der Waals surface area contributed by atoms with E-state index in [2.05, 4.69) is 22.5 Å². The van der Waals surface area contributed by atoms with Gasteiger partial charge in [-0.25, -0.2) is 4.99 Å². The number of amides is 1. The van der Waals surface area contributed by atoms with E-state index in [0.29, 0.717) is 25.0 Å². The minimum Gasteiger partial charge on any atom is -0.396 e. The van der Waals surface area contributed by atoms with Gasteiger partial charge in [0, 0.05) is 32.8 Å². The van der Waals surface area contributed by atoms with Crippen molar-refractivity contribution in [3.05, 3.63) is 35.9 Å². The molecular weight excluding hydrogens is 467 g/mol. The van der Waals surface area contributed by atoms with Crippen LogP contribution in [0.1, 0.15) is 45.6 Å². The monoisotopic (exact) mass is 504 g/mol. The number of carbonyl (C=O) groups excluding carboxylic acids is 1. The lowest BCUT2D eigenvalue weighted by Gasteiger charge is -2.21. The number of aliphatic imine (C=N–C) groups is 1. The predicted octanol–water partition coefficient (Wildman–Crippen LogP) is 3.01. The summed E-state index contributed by atoms with van der Waals surface area (Å²) < 4.78 is 0. The van der Waals surface area contributed by atoms with Crippen LogP contribution in [0.25, 0.3) is 0 Å². The largest absolute Gasteiger partial charge is 0.396 e. The summed E-state index contributed by atoms with van der Waals surface area (Å²) in [4.78, 5) is 18.8. The zero-order valence-electron chi connectivity index (χ0n) is 17.5. The SMILES string of the molecule is CCCC(CCO)CNC(=NCC(=O)N(CC)Cc1ccccc1)NCC.I. The first kappa shape index (κ1) is 26.6. The van der Waals surface area contributed by atoms with E-state index in [1.165, 1.54) is 0 Å². The van der Waals surface area contributed by atoms with Crippen LogP contribution >= 0.6 is 24.0 Å². The Morgan fingerprint density at radius 1 is 1.14 bits per heavy atom. The molecule has 6 nitrogen and oxygen atoms in total. The van der Waals surface area contributed by atoms with Crippen LogP contribution < -0.4 is 10.6 Å². The van der Waals surface area contributed by atoms with E-state index < -0.39 is 0 Å². The second kappa shape index (κ2) is 16.6. The number of carbonyl (C=O) groups is 1. The second-order valence-corrected chi connectivity index (χ2v) is 6.64. The fourth-order valence-corrected chi connectivity index (χ4v) is 2.95. The average molecular weight is 504 g/mol. The molecule has 1 rings (SSSR count). The molecule has 0 aliphatic heterocycles. The summed E-state index contributed by atoms with van der Waals surface area (Å²) in [5.74, 6) is 1.07. The molecule has 3 N–H and O–H groups in total. The molecule has 1 unspecified atom stereocenters. The van der Waals surface area contributed by atoms with Gasteiger partial charge in [0.2, 0.25) is 5.91 Å². The van der Waals surface area contributed by atoms with Crippen LogP contribution in [-0.2, 0) is 11.3 Å². The van der Waals surface area contributed by atoms with Crippen molar-refractivity contribution in [1.29, 1.82) is 0 Å². The zero-order chi connectivity index (χ0) is 19.9. The number of nitrogens with zero attached hydrogens (tertiary/aromatic N) is 2. The molecule has 0 spiro atoms. The van der Waals surface area contributed by atoms with Crippen LogP contribution in [0.3, 0.4) is 0 Å². The molecule has 1 amide bonds. The molecule has 0 fully saturated rings. The molecule has 0 aromatic heterocycles. The third kappa shape index (κ3) is 10.8. The number of aliphatic hydroxyl groups excluding tert-OH is 1. The van der Waals surface area contributed by atoms with Gasteiger partial charge in [-0.1, -0.05) is 43.7 Å². The maximum absolute atomic E-state index is 12.6. The van der Waals surface area contributed by atoms with Gasteiger partial charge in [0.25, 0.3) is 0 Å². The lowest BCUT2D eigenvalue weighted by Crippen LogP contribution is -2.41. The van der Waals surface area contributed by atoms with Crippen LogP contribution in [-0.4, -0.2) is 54.7 Å². The molecular formula is C21H37IN4O2. The molecule has 1 aromatic rings. The van der Waals surface area contributed by atoms with E-state index in [-0.39, 0.29) is 43.0 Å². The van der Waals surface area contributed by atoms with E-state index in [0.717, 1.165) is 37.9 Å². The summed E-state index contributed by atoms with van der Waals surface area (Å²) in [6, 6.07) is 10.00. The van der Waals surface area contributed by atoms with Crippen molar-refractivity contribution in [2.24, 2.45) is 10.9 Å². The van der Waals surface area contributed by atoms with Gasteiger partial charge in [-0.05, 0) is 38.2 Å². The maximum atomic E-state index is 12.6. The number of hydrogen-bond donors (Lipinski definition) is 3. The first-order valence-electron chi connectivity index (χ1n) is 10.1. The van der Waals surface area contributed by atoms with Crippen molar-refractivity contribution < 1.29 is 9.90 Å². The fourth-order valence-electron chi connectivity index (χ4n) is 2.95. The topological polar surface area (TPSA) is 77.0 Å². The normalized spacial score (nSPS) is 12.1. The van der Waals surface area contributed by atoms with Gasteiger partial charge in [0.15, 0.2) is 5.96 Å². The molecule has 1 aromatic carbocycles. The summed E-state index contributed by atoms with van der Waals surface area (Å²) in [6.07, 6.45) is 2.93. The van der Waals surface area contributed by atoms with E-state index in [4.69, 9.17) is 0 Å². The Morgan fingerprint density at radius 2 is 1.86 bits per heavy atom. The Bertz CT molecular complexity index is 549. The zero-order valence-corrected chi connectivity index (χ0v) is 19.8. The highest BCUT2D eigenvalue weighted by molar-refractivity contribution is 14.0. The highest BCUT2D eigenvalue weighted by atomic mass is 127. The molecule has 0 radical (unpaired) electrons. The number of likely N-dealkylation sites (N-methyl/N-ethyl adjacent to an activating group) is 1. The molecule has 0 aliphatic carbocycles. The summed E-state index contributed by atoms with van der Waals surface area (Å²) in [5, 5.41) is 15.7. The van der Waals surface area contributed by atoms with Crippen LogP contribution in [0.4, 0.5) is 0 Å². The lowest BCUT2D eigenvalue weighted by molar-refractivity contribution is -0.130. The third-order valence-corrected chi connectivity index (χ3v) is 4.46.